The van der Waals surface area contributed by atoms with Crippen molar-refractivity contribution in [2.24, 2.45) is 5.92 Å². The van der Waals surface area contributed by atoms with Crippen molar-refractivity contribution >= 4 is 28.8 Å². The predicted octanol–water partition coefficient (Wildman–Crippen LogP) is 3.93. The molecule has 2 N–H and O–H groups in total. The maximum atomic E-state index is 6.06. The van der Waals surface area contributed by atoms with E-state index in [1.54, 1.807) is 14.2 Å². The number of nitrogens with zero attached hydrogens (tertiary/aromatic N) is 4. The molecule has 1 aromatic heterocycles. The van der Waals surface area contributed by atoms with Gasteiger partial charge in [-0.3, -0.25) is 0 Å². The Bertz CT molecular complexity index is 854. The fourth-order valence-corrected chi connectivity index (χ4v) is 5.10. The van der Waals surface area contributed by atoms with Crippen LogP contribution in [0, 0.1) is 5.92 Å². The number of aromatic nitrogens is 2. The van der Waals surface area contributed by atoms with E-state index in [-0.39, 0.29) is 6.29 Å². The topological polar surface area (TPSA) is 76.7 Å². The summed E-state index contributed by atoms with van der Waals surface area (Å²) in [5.74, 6) is 1.36. The molecule has 0 aliphatic carbocycles. The van der Waals surface area contributed by atoms with E-state index in [1.165, 1.54) is 17.7 Å². The Morgan fingerprint density at radius 1 is 1.00 bits per heavy atom. The molecule has 0 radical (unpaired) electrons. The molecular weight excluding hydrogens is 414 g/mol. The Hall–Kier alpha value is -2.09. The van der Waals surface area contributed by atoms with Crippen LogP contribution in [0.15, 0.2) is 30.3 Å². The monoisotopic (exact) mass is 445 g/mol. The zero-order valence-electron chi connectivity index (χ0n) is 18.3. The first-order chi connectivity index (χ1) is 15.1. The van der Waals surface area contributed by atoms with Crippen molar-refractivity contribution in [3.63, 3.8) is 0 Å². The number of hydrogen-bond acceptors (Lipinski definition) is 7. The van der Waals surface area contributed by atoms with Gasteiger partial charge >= 0.3 is 0 Å². The van der Waals surface area contributed by atoms with Crippen LogP contribution in [0.5, 0.6) is 0 Å². The van der Waals surface area contributed by atoms with Crippen LogP contribution in [0.25, 0.3) is 0 Å². The number of rotatable bonds is 6. The summed E-state index contributed by atoms with van der Waals surface area (Å²) in [5, 5.41) is 8.19. The number of ether oxygens (including phenoxy) is 2. The molecule has 1 unspecified atom stereocenters. The van der Waals surface area contributed by atoms with E-state index in [0.29, 0.717) is 22.8 Å². The van der Waals surface area contributed by atoms with E-state index in [1.807, 2.05) is 6.07 Å². The molecule has 0 amide bonds. The largest absolute Gasteiger partial charge is 0.380 e. The van der Waals surface area contributed by atoms with Crippen LogP contribution >= 0.6 is 11.6 Å². The maximum absolute atomic E-state index is 6.06. The lowest BCUT2D eigenvalue weighted by molar-refractivity contribution is -0.141. The molecule has 0 bridgehead atoms. The average molecular weight is 446 g/mol. The molecule has 2 aliphatic heterocycles. The molecule has 4 rings (SSSR count). The lowest BCUT2D eigenvalue weighted by Crippen LogP contribution is -2.39. The van der Waals surface area contributed by atoms with Crippen molar-refractivity contribution in [1.82, 2.24) is 10.2 Å². The number of benzene rings is 1. The van der Waals surface area contributed by atoms with Crippen LogP contribution in [-0.4, -0.2) is 56.9 Å². The van der Waals surface area contributed by atoms with Gasteiger partial charge in [0.05, 0.1) is 5.69 Å². The first-order valence-electron chi connectivity index (χ1n) is 11.0. The summed E-state index contributed by atoms with van der Waals surface area (Å²) in [6.45, 7) is 3.92. The molecule has 0 saturated carbocycles. The third-order valence-corrected chi connectivity index (χ3v) is 6.84. The second kappa shape index (κ2) is 10.0. The lowest BCUT2D eigenvalue weighted by Gasteiger charge is -2.37. The van der Waals surface area contributed by atoms with Gasteiger partial charge in [0.1, 0.15) is 0 Å². The fourth-order valence-electron chi connectivity index (χ4n) is 4.96. The molecule has 2 aromatic rings. The van der Waals surface area contributed by atoms with Gasteiger partial charge in [0, 0.05) is 64.0 Å². The number of methoxy groups -OCH3 is 2. The van der Waals surface area contributed by atoms with Gasteiger partial charge in [-0.05, 0) is 43.4 Å². The summed E-state index contributed by atoms with van der Waals surface area (Å²) in [4.78, 5) is 4.74. The number of nitrogen functional groups attached to an aromatic ring is 1. The van der Waals surface area contributed by atoms with E-state index in [0.717, 1.165) is 51.1 Å². The Labute approximate surface area is 189 Å². The van der Waals surface area contributed by atoms with Gasteiger partial charge in [-0.1, -0.05) is 23.7 Å². The van der Waals surface area contributed by atoms with Crippen molar-refractivity contribution in [3.05, 3.63) is 41.0 Å². The molecule has 31 heavy (non-hydrogen) atoms. The predicted molar refractivity (Wildman–Crippen MR) is 125 cm³/mol. The van der Waals surface area contributed by atoms with Crippen molar-refractivity contribution < 1.29 is 9.47 Å². The highest BCUT2D eigenvalue weighted by Crippen LogP contribution is 2.34. The molecule has 1 aromatic carbocycles. The highest BCUT2D eigenvalue weighted by molar-refractivity contribution is 6.29. The third-order valence-electron chi connectivity index (χ3n) is 6.65. The lowest BCUT2D eigenvalue weighted by atomic mass is 9.90. The van der Waals surface area contributed by atoms with Gasteiger partial charge in [0.2, 0.25) is 0 Å². The van der Waals surface area contributed by atoms with Crippen molar-refractivity contribution in [1.29, 1.82) is 0 Å². The number of nitrogens with two attached hydrogens (primary N) is 1. The van der Waals surface area contributed by atoms with Gasteiger partial charge in [-0.25, -0.2) is 0 Å². The van der Waals surface area contributed by atoms with Crippen molar-refractivity contribution in [3.8, 4) is 0 Å². The molecule has 2 aliphatic rings. The molecule has 7 nitrogen and oxygen atoms in total. The van der Waals surface area contributed by atoms with Crippen LogP contribution in [0.4, 0.5) is 17.2 Å². The normalized spacial score (nSPS) is 20.5. The molecular formula is C23H32ClN5O2. The molecule has 2 fully saturated rings. The van der Waals surface area contributed by atoms with E-state index in [9.17, 15) is 0 Å². The Morgan fingerprint density at radius 2 is 1.71 bits per heavy atom. The van der Waals surface area contributed by atoms with Crippen LogP contribution in [0.2, 0.25) is 5.15 Å². The number of halogens is 1. The minimum atomic E-state index is -0.0988. The maximum Gasteiger partial charge on any atom is 0.169 e. The number of anilines is 3. The number of piperidine rings is 2. The summed E-state index contributed by atoms with van der Waals surface area (Å²) in [6.07, 6.45) is 4.34. The fraction of sp³-hybridized carbons (Fsp3) is 0.565. The van der Waals surface area contributed by atoms with Crippen LogP contribution in [-0.2, 0) is 9.47 Å². The summed E-state index contributed by atoms with van der Waals surface area (Å²) >= 11 is 6.05. The van der Waals surface area contributed by atoms with Gasteiger partial charge in [-0.15, -0.1) is 10.2 Å². The quantitative estimate of drug-likeness (QED) is 0.675. The third kappa shape index (κ3) is 5.05. The van der Waals surface area contributed by atoms with Crippen LogP contribution < -0.4 is 15.5 Å². The number of hydrogen-bond donors (Lipinski definition) is 1. The van der Waals surface area contributed by atoms with Gasteiger partial charge in [-0.2, -0.15) is 0 Å². The molecule has 3 heterocycles. The summed E-state index contributed by atoms with van der Waals surface area (Å²) in [6, 6.07) is 10.9. The molecule has 0 spiro atoms. The Balaban J connectivity index is 1.39. The van der Waals surface area contributed by atoms with Crippen molar-refractivity contribution in [2.75, 3.05) is 55.9 Å². The van der Waals surface area contributed by atoms with E-state index < -0.39 is 0 Å². The standard InChI is InChI=1S/C23H32ClN5O2/c1-30-23(31-2)17-9-12-28(13-10-17)19-7-5-16(6-8-19)18-4-3-11-29(15-18)20-14-21(24)26-27-22(20)25/h5-8,14,17-18,23H,3-4,9-13,15H2,1-2H3,(H2,25,27). The first kappa shape index (κ1) is 22.1. The zero-order valence-corrected chi connectivity index (χ0v) is 19.1. The van der Waals surface area contributed by atoms with Crippen molar-refractivity contribution in [2.45, 2.75) is 37.9 Å². The molecule has 1 atom stereocenters. The second-order valence-corrected chi connectivity index (χ2v) is 8.87. The summed E-state index contributed by atoms with van der Waals surface area (Å²) in [5.41, 5.74) is 9.60. The molecule has 2 saturated heterocycles. The average Bonchev–Trinajstić information content (AvgIpc) is 2.82. The van der Waals surface area contributed by atoms with Crippen LogP contribution in [0.1, 0.15) is 37.2 Å². The minimum Gasteiger partial charge on any atom is -0.380 e. The summed E-state index contributed by atoms with van der Waals surface area (Å²) in [7, 11) is 3.44. The summed E-state index contributed by atoms with van der Waals surface area (Å²) < 4.78 is 10.9. The Morgan fingerprint density at radius 3 is 2.39 bits per heavy atom. The smallest absolute Gasteiger partial charge is 0.169 e. The minimum absolute atomic E-state index is 0.0988. The van der Waals surface area contributed by atoms with Gasteiger partial charge in [0.15, 0.2) is 17.3 Å². The first-order valence-corrected chi connectivity index (χ1v) is 11.4. The zero-order chi connectivity index (χ0) is 21.8. The second-order valence-electron chi connectivity index (χ2n) is 8.48. The van der Waals surface area contributed by atoms with Gasteiger partial charge in [0.25, 0.3) is 0 Å². The Kier molecular flexibility index (Phi) is 7.15. The van der Waals surface area contributed by atoms with E-state index >= 15 is 0 Å². The van der Waals surface area contributed by atoms with Crippen LogP contribution in [0.3, 0.4) is 0 Å². The van der Waals surface area contributed by atoms with E-state index in [2.05, 4.69) is 44.3 Å². The SMILES string of the molecule is COC(OC)C1CCN(c2ccc(C3CCCN(c4cc(Cl)nnc4N)C3)cc2)CC1. The molecule has 8 heteroatoms. The van der Waals surface area contributed by atoms with Gasteiger partial charge < -0.3 is 25.0 Å². The molecule has 168 valence electrons. The highest BCUT2D eigenvalue weighted by atomic mass is 35.5. The highest BCUT2D eigenvalue weighted by Gasteiger charge is 2.27. The van der Waals surface area contributed by atoms with E-state index in [4.69, 9.17) is 26.8 Å².